The molecule has 2 aromatic rings. The van der Waals surface area contributed by atoms with E-state index in [2.05, 4.69) is 10.4 Å². The van der Waals surface area contributed by atoms with Gasteiger partial charge in [0, 0.05) is 0 Å². The molecule has 0 aliphatic heterocycles. The van der Waals surface area contributed by atoms with Crippen LogP contribution < -0.4 is 10.9 Å². The third-order valence-electron chi connectivity index (χ3n) is 4.23. The Kier molecular flexibility index (Phi) is 4.98. The lowest BCUT2D eigenvalue weighted by Crippen LogP contribution is -2.37. The molecule has 0 bridgehead atoms. The van der Waals surface area contributed by atoms with E-state index in [1.165, 1.54) is 4.68 Å². The molecule has 0 radical (unpaired) electrons. The summed E-state index contributed by atoms with van der Waals surface area (Å²) >= 11 is 6.21. The Labute approximate surface area is 139 Å². The van der Waals surface area contributed by atoms with Gasteiger partial charge < -0.3 is 10.4 Å². The third kappa shape index (κ3) is 3.74. The quantitative estimate of drug-likeness (QED) is 0.902. The Morgan fingerprint density at radius 1 is 1.26 bits per heavy atom. The molecule has 1 aromatic heterocycles. The van der Waals surface area contributed by atoms with Crippen molar-refractivity contribution in [2.24, 2.45) is 0 Å². The number of aromatic nitrogens is 2. The van der Waals surface area contributed by atoms with E-state index in [1.807, 2.05) is 30.3 Å². The van der Waals surface area contributed by atoms with E-state index in [-0.39, 0.29) is 16.6 Å². The molecule has 1 fully saturated rings. The maximum atomic E-state index is 12.4. The first-order valence-corrected chi connectivity index (χ1v) is 8.27. The van der Waals surface area contributed by atoms with Crippen LogP contribution in [0.2, 0.25) is 5.02 Å². The Bertz CT molecular complexity index is 718. The number of aliphatic hydroxyl groups excluding tert-OH is 1. The zero-order valence-corrected chi connectivity index (χ0v) is 13.5. The summed E-state index contributed by atoms with van der Waals surface area (Å²) in [6.07, 6.45) is 4.88. The van der Waals surface area contributed by atoms with Gasteiger partial charge in [0.05, 0.1) is 30.6 Å². The predicted molar refractivity (Wildman–Crippen MR) is 90.9 cm³/mol. The summed E-state index contributed by atoms with van der Waals surface area (Å²) in [6, 6.07) is 9.56. The van der Waals surface area contributed by atoms with E-state index in [9.17, 15) is 9.90 Å². The second-order valence-corrected chi connectivity index (χ2v) is 6.30. The minimum Gasteiger partial charge on any atom is -0.391 e. The van der Waals surface area contributed by atoms with Crippen molar-refractivity contribution in [3.8, 4) is 0 Å². The van der Waals surface area contributed by atoms with Gasteiger partial charge in [0.15, 0.2) is 0 Å². The molecule has 1 aromatic carbocycles. The minimum absolute atomic E-state index is 0.0765. The molecule has 5 nitrogen and oxygen atoms in total. The van der Waals surface area contributed by atoms with Crippen LogP contribution in [0.25, 0.3) is 0 Å². The van der Waals surface area contributed by atoms with Crippen molar-refractivity contribution in [1.82, 2.24) is 9.78 Å². The number of nitrogens with zero attached hydrogens (tertiary/aromatic N) is 2. The van der Waals surface area contributed by atoms with E-state index in [1.54, 1.807) is 6.20 Å². The third-order valence-corrected chi connectivity index (χ3v) is 4.60. The minimum atomic E-state index is -0.411. The summed E-state index contributed by atoms with van der Waals surface area (Å²) in [4.78, 5) is 12.4. The number of hydrogen-bond acceptors (Lipinski definition) is 4. The van der Waals surface area contributed by atoms with Crippen LogP contribution in [0.1, 0.15) is 31.2 Å². The lowest BCUT2D eigenvalue weighted by Gasteiger charge is -2.29. The fourth-order valence-corrected chi connectivity index (χ4v) is 3.11. The molecule has 6 heteroatoms. The molecule has 0 saturated heterocycles. The number of anilines is 1. The Morgan fingerprint density at radius 2 is 2.00 bits per heavy atom. The van der Waals surface area contributed by atoms with Gasteiger partial charge >= 0.3 is 0 Å². The van der Waals surface area contributed by atoms with Crippen molar-refractivity contribution in [2.75, 3.05) is 5.32 Å². The van der Waals surface area contributed by atoms with Crippen LogP contribution in [0.15, 0.2) is 41.3 Å². The van der Waals surface area contributed by atoms with Gasteiger partial charge in [0.1, 0.15) is 5.02 Å². The number of benzene rings is 1. The Hall–Kier alpha value is -1.85. The second-order valence-electron chi connectivity index (χ2n) is 5.92. The molecule has 2 N–H and O–H groups in total. The molecule has 1 saturated carbocycles. The maximum Gasteiger partial charge on any atom is 0.287 e. The molecule has 0 unspecified atom stereocenters. The molecule has 0 amide bonds. The molecule has 122 valence electrons. The average Bonchev–Trinajstić information content (AvgIpc) is 2.57. The topological polar surface area (TPSA) is 67.2 Å². The molecule has 2 atom stereocenters. The molecule has 23 heavy (non-hydrogen) atoms. The number of hydrogen-bond donors (Lipinski definition) is 2. The molecule has 1 aliphatic rings. The van der Waals surface area contributed by atoms with Crippen molar-refractivity contribution in [3.05, 3.63) is 57.5 Å². The fraction of sp³-hybridized carbons (Fsp3) is 0.412. The number of halogens is 1. The summed E-state index contributed by atoms with van der Waals surface area (Å²) < 4.78 is 1.35. The normalized spacial score (nSPS) is 21.1. The van der Waals surface area contributed by atoms with Gasteiger partial charge in [-0.05, 0) is 18.4 Å². The van der Waals surface area contributed by atoms with Crippen LogP contribution in [-0.4, -0.2) is 27.0 Å². The highest BCUT2D eigenvalue weighted by molar-refractivity contribution is 6.32. The average molecular weight is 334 g/mol. The highest BCUT2D eigenvalue weighted by atomic mass is 35.5. The van der Waals surface area contributed by atoms with Gasteiger partial charge in [-0.2, -0.15) is 5.10 Å². The molecular weight excluding hydrogens is 314 g/mol. The van der Waals surface area contributed by atoms with Crippen LogP contribution in [0.5, 0.6) is 0 Å². The van der Waals surface area contributed by atoms with Crippen LogP contribution in [0, 0.1) is 0 Å². The van der Waals surface area contributed by atoms with Crippen molar-refractivity contribution in [1.29, 1.82) is 0 Å². The molecule has 0 spiro atoms. The molecular formula is C17H20ClN3O2. The van der Waals surface area contributed by atoms with E-state index in [4.69, 9.17) is 11.6 Å². The van der Waals surface area contributed by atoms with Gasteiger partial charge in [-0.3, -0.25) is 4.79 Å². The van der Waals surface area contributed by atoms with Crippen molar-refractivity contribution < 1.29 is 5.11 Å². The summed E-state index contributed by atoms with van der Waals surface area (Å²) in [5, 5.41) is 17.5. The largest absolute Gasteiger partial charge is 0.391 e. The molecule has 1 aliphatic carbocycles. The first-order chi connectivity index (χ1) is 11.1. The lowest BCUT2D eigenvalue weighted by molar-refractivity contribution is 0.116. The van der Waals surface area contributed by atoms with Gasteiger partial charge in [-0.25, -0.2) is 4.68 Å². The highest BCUT2D eigenvalue weighted by Gasteiger charge is 2.24. The van der Waals surface area contributed by atoms with Crippen molar-refractivity contribution in [2.45, 2.75) is 44.4 Å². The van der Waals surface area contributed by atoms with Crippen molar-refractivity contribution >= 4 is 17.3 Å². The number of nitrogens with one attached hydrogen (secondary N) is 1. The van der Waals surface area contributed by atoms with E-state index < -0.39 is 6.10 Å². The summed E-state index contributed by atoms with van der Waals surface area (Å²) in [5.41, 5.74) is 1.15. The first-order valence-electron chi connectivity index (χ1n) is 7.89. The Balaban J connectivity index is 1.79. The second kappa shape index (κ2) is 7.15. The van der Waals surface area contributed by atoms with Gasteiger partial charge in [-0.15, -0.1) is 0 Å². The number of rotatable bonds is 4. The molecule has 3 rings (SSSR count). The van der Waals surface area contributed by atoms with Gasteiger partial charge in [0.25, 0.3) is 5.56 Å². The van der Waals surface area contributed by atoms with Crippen LogP contribution in [-0.2, 0) is 6.54 Å². The monoisotopic (exact) mass is 333 g/mol. The maximum absolute atomic E-state index is 12.4. The summed E-state index contributed by atoms with van der Waals surface area (Å²) in [7, 11) is 0. The van der Waals surface area contributed by atoms with Crippen LogP contribution >= 0.6 is 11.6 Å². The summed E-state index contributed by atoms with van der Waals surface area (Å²) in [6.45, 7) is 0.381. The SMILES string of the molecule is O=c1c(Cl)c(N[C@H]2CCCC[C@@H]2O)cnn1Cc1ccccc1. The van der Waals surface area contributed by atoms with Gasteiger partial charge in [-0.1, -0.05) is 54.8 Å². The first kappa shape index (κ1) is 16.0. The zero-order chi connectivity index (χ0) is 16.2. The fourth-order valence-electron chi connectivity index (χ4n) is 2.91. The van der Waals surface area contributed by atoms with Gasteiger partial charge in [0.2, 0.25) is 0 Å². The van der Waals surface area contributed by atoms with E-state index in [0.717, 1.165) is 31.2 Å². The smallest absolute Gasteiger partial charge is 0.287 e. The van der Waals surface area contributed by atoms with Crippen molar-refractivity contribution in [3.63, 3.8) is 0 Å². The summed E-state index contributed by atoms with van der Waals surface area (Å²) in [5.74, 6) is 0. The van der Waals surface area contributed by atoms with E-state index in [0.29, 0.717) is 12.2 Å². The number of aliphatic hydroxyl groups is 1. The lowest BCUT2D eigenvalue weighted by atomic mass is 9.92. The standard InChI is InChI=1S/C17H20ClN3O2/c18-16-14(20-13-8-4-5-9-15(13)22)10-19-21(17(16)23)11-12-6-2-1-3-7-12/h1-3,6-7,10,13,15,20,22H,4-5,8-9,11H2/t13-,15-/m0/s1. The van der Waals surface area contributed by atoms with E-state index >= 15 is 0 Å². The Morgan fingerprint density at radius 3 is 2.74 bits per heavy atom. The van der Waals surface area contributed by atoms with Crippen LogP contribution in [0.3, 0.4) is 0 Å². The van der Waals surface area contributed by atoms with Crippen LogP contribution in [0.4, 0.5) is 5.69 Å². The molecule has 1 heterocycles. The highest BCUT2D eigenvalue weighted by Crippen LogP contribution is 2.24. The predicted octanol–water partition coefficient (Wildman–Crippen LogP) is 2.66. The zero-order valence-electron chi connectivity index (χ0n) is 12.8.